The molecule has 0 radical (unpaired) electrons. The molecule has 1 aliphatic heterocycles. The molecular formula is C20H21FN2. The smallest absolute Gasteiger partial charge is 0.128 e. The summed E-state index contributed by atoms with van der Waals surface area (Å²) in [4.78, 5) is 0. The SMILES string of the molecule is Fc1ccccc1Cn1cc(C2CCCNC2)c2ccccc21. The maximum absolute atomic E-state index is 14.0. The Morgan fingerprint density at radius 1 is 1.09 bits per heavy atom. The Balaban J connectivity index is 1.76. The van der Waals surface area contributed by atoms with Crippen molar-refractivity contribution in [3.63, 3.8) is 0 Å². The number of aromatic nitrogens is 1. The van der Waals surface area contributed by atoms with Crippen molar-refractivity contribution in [3.05, 3.63) is 71.7 Å². The van der Waals surface area contributed by atoms with E-state index >= 15 is 0 Å². The van der Waals surface area contributed by atoms with Crippen LogP contribution in [0, 0.1) is 5.82 Å². The van der Waals surface area contributed by atoms with Gasteiger partial charge in [0, 0.05) is 29.2 Å². The van der Waals surface area contributed by atoms with Crippen LogP contribution in [0.25, 0.3) is 10.9 Å². The van der Waals surface area contributed by atoms with Crippen molar-refractivity contribution in [2.45, 2.75) is 25.3 Å². The van der Waals surface area contributed by atoms with Gasteiger partial charge in [0.1, 0.15) is 5.82 Å². The lowest BCUT2D eigenvalue weighted by Gasteiger charge is -2.22. The molecule has 0 aliphatic carbocycles. The number of benzene rings is 2. The van der Waals surface area contributed by atoms with Crippen LogP contribution < -0.4 is 5.32 Å². The molecule has 2 nitrogen and oxygen atoms in total. The molecular weight excluding hydrogens is 287 g/mol. The zero-order chi connectivity index (χ0) is 15.6. The lowest BCUT2D eigenvalue weighted by molar-refractivity contribution is 0.463. The molecule has 0 bridgehead atoms. The summed E-state index contributed by atoms with van der Waals surface area (Å²) in [7, 11) is 0. The van der Waals surface area contributed by atoms with Gasteiger partial charge in [-0.2, -0.15) is 0 Å². The molecule has 3 aromatic rings. The van der Waals surface area contributed by atoms with E-state index in [1.54, 1.807) is 6.07 Å². The largest absolute Gasteiger partial charge is 0.343 e. The summed E-state index contributed by atoms with van der Waals surface area (Å²) in [5.74, 6) is 0.418. The summed E-state index contributed by atoms with van der Waals surface area (Å²) >= 11 is 0. The van der Waals surface area contributed by atoms with Gasteiger partial charge in [-0.25, -0.2) is 4.39 Å². The average Bonchev–Trinajstić information content (AvgIpc) is 2.97. The summed E-state index contributed by atoms with van der Waals surface area (Å²) < 4.78 is 16.2. The number of nitrogens with one attached hydrogen (secondary N) is 1. The predicted octanol–water partition coefficient (Wildman–Crippen LogP) is 4.30. The highest BCUT2D eigenvalue weighted by molar-refractivity contribution is 5.84. The van der Waals surface area contributed by atoms with Crippen molar-refractivity contribution >= 4 is 10.9 Å². The van der Waals surface area contributed by atoms with Crippen LogP contribution in [0.4, 0.5) is 4.39 Å². The van der Waals surface area contributed by atoms with E-state index in [9.17, 15) is 4.39 Å². The fourth-order valence-corrected chi connectivity index (χ4v) is 3.66. The highest BCUT2D eigenvalue weighted by Gasteiger charge is 2.20. The van der Waals surface area contributed by atoms with Gasteiger partial charge < -0.3 is 9.88 Å². The first-order valence-corrected chi connectivity index (χ1v) is 8.35. The van der Waals surface area contributed by atoms with Crippen LogP contribution in [0.3, 0.4) is 0 Å². The Labute approximate surface area is 135 Å². The van der Waals surface area contributed by atoms with Gasteiger partial charge in [0.2, 0.25) is 0 Å². The van der Waals surface area contributed by atoms with Gasteiger partial charge in [0.05, 0.1) is 6.54 Å². The van der Waals surface area contributed by atoms with E-state index in [4.69, 9.17) is 0 Å². The standard InChI is InChI=1S/C20H21FN2/c21-19-9-3-1-6-16(19)13-23-14-18(15-7-5-11-22-12-15)17-8-2-4-10-20(17)23/h1-4,6,8-10,14-15,22H,5,7,11-13H2. The number of para-hydroxylation sites is 1. The summed E-state index contributed by atoms with van der Waals surface area (Å²) in [5, 5.41) is 4.80. The lowest BCUT2D eigenvalue weighted by atomic mass is 9.91. The molecule has 1 saturated heterocycles. The van der Waals surface area contributed by atoms with Crippen LogP contribution in [-0.2, 0) is 6.54 Å². The molecule has 1 N–H and O–H groups in total. The first-order valence-electron chi connectivity index (χ1n) is 8.35. The van der Waals surface area contributed by atoms with E-state index in [1.165, 1.54) is 35.4 Å². The first kappa shape index (κ1) is 14.5. The minimum Gasteiger partial charge on any atom is -0.343 e. The number of rotatable bonds is 3. The monoisotopic (exact) mass is 308 g/mol. The van der Waals surface area contributed by atoms with Crippen molar-refractivity contribution in [3.8, 4) is 0 Å². The number of fused-ring (bicyclic) bond motifs is 1. The van der Waals surface area contributed by atoms with E-state index in [-0.39, 0.29) is 5.82 Å². The second-order valence-corrected chi connectivity index (χ2v) is 6.36. The number of halogens is 1. The van der Waals surface area contributed by atoms with Crippen molar-refractivity contribution in [1.82, 2.24) is 9.88 Å². The van der Waals surface area contributed by atoms with Crippen molar-refractivity contribution < 1.29 is 4.39 Å². The normalized spacial score (nSPS) is 18.4. The van der Waals surface area contributed by atoms with Crippen LogP contribution in [0.15, 0.2) is 54.7 Å². The molecule has 3 heteroatoms. The number of piperidine rings is 1. The average molecular weight is 308 g/mol. The van der Waals surface area contributed by atoms with E-state index in [1.807, 2.05) is 12.1 Å². The van der Waals surface area contributed by atoms with E-state index in [0.29, 0.717) is 12.5 Å². The number of hydrogen-bond donors (Lipinski definition) is 1. The molecule has 2 aromatic carbocycles. The molecule has 1 fully saturated rings. The number of nitrogens with zero attached hydrogens (tertiary/aromatic N) is 1. The van der Waals surface area contributed by atoms with Crippen LogP contribution in [0.5, 0.6) is 0 Å². The molecule has 1 unspecified atom stereocenters. The zero-order valence-corrected chi connectivity index (χ0v) is 13.1. The molecule has 1 aromatic heterocycles. The van der Waals surface area contributed by atoms with Gasteiger partial charge in [-0.15, -0.1) is 0 Å². The second kappa shape index (κ2) is 6.17. The highest BCUT2D eigenvalue weighted by Crippen LogP contribution is 2.32. The quantitative estimate of drug-likeness (QED) is 0.763. The highest BCUT2D eigenvalue weighted by atomic mass is 19.1. The summed E-state index contributed by atoms with van der Waals surface area (Å²) in [5.41, 5.74) is 3.32. The molecule has 0 amide bonds. The van der Waals surface area contributed by atoms with Gasteiger partial charge in [-0.05, 0) is 43.0 Å². The van der Waals surface area contributed by atoms with Gasteiger partial charge in [-0.3, -0.25) is 0 Å². The third kappa shape index (κ3) is 2.77. The summed E-state index contributed by atoms with van der Waals surface area (Å²) in [6.07, 6.45) is 4.67. The third-order valence-corrected chi connectivity index (χ3v) is 4.85. The Kier molecular flexibility index (Phi) is 3.88. The molecule has 118 valence electrons. The molecule has 0 spiro atoms. The van der Waals surface area contributed by atoms with Gasteiger partial charge >= 0.3 is 0 Å². The Morgan fingerprint density at radius 3 is 2.74 bits per heavy atom. The predicted molar refractivity (Wildman–Crippen MR) is 92.3 cm³/mol. The molecule has 1 aliphatic rings. The second-order valence-electron chi connectivity index (χ2n) is 6.36. The lowest BCUT2D eigenvalue weighted by Crippen LogP contribution is -2.28. The van der Waals surface area contributed by atoms with E-state index < -0.39 is 0 Å². The maximum atomic E-state index is 14.0. The third-order valence-electron chi connectivity index (χ3n) is 4.85. The molecule has 1 atom stereocenters. The minimum atomic E-state index is -0.133. The summed E-state index contributed by atoms with van der Waals surface area (Å²) in [6.45, 7) is 2.73. The Morgan fingerprint density at radius 2 is 1.91 bits per heavy atom. The van der Waals surface area contributed by atoms with Gasteiger partial charge in [-0.1, -0.05) is 36.4 Å². The summed E-state index contributed by atoms with van der Waals surface area (Å²) in [6, 6.07) is 15.5. The Hall–Kier alpha value is -2.13. The Bertz CT molecular complexity index is 815. The fourth-order valence-electron chi connectivity index (χ4n) is 3.66. The molecule has 23 heavy (non-hydrogen) atoms. The zero-order valence-electron chi connectivity index (χ0n) is 13.1. The molecule has 4 rings (SSSR count). The van der Waals surface area contributed by atoms with Crippen LogP contribution in [-0.4, -0.2) is 17.7 Å². The van der Waals surface area contributed by atoms with E-state index in [2.05, 4.69) is 40.3 Å². The molecule has 0 saturated carbocycles. The van der Waals surface area contributed by atoms with Crippen LogP contribution >= 0.6 is 0 Å². The first-order chi connectivity index (χ1) is 11.3. The van der Waals surface area contributed by atoms with Crippen molar-refractivity contribution in [1.29, 1.82) is 0 Å². The van der Waals surface area contributed by atoms with E-state index in [0.717, 1.165) is 18.7 Å². The number of hydrogen-bond acceptors (Lipinski definition) is 1. The van der Waals surface area contributed by atoms with Crippen molar-refractivity contribution in [2.75, 3.05) is 13.1 Å². The fraction of sp³-hybridized carbons (Fsp3) is 0.300. The van der Waals surface area contributed by atoms with Gasteiger partial charge in [0.25, 0.3) is 0 Å². The molecule has 2 heterocycles. The van der Waals surface area contributed by atoms with Gasteiger partial charge in [0.15, 0.2) is 0 Å². The maximum Gasteiger partial charge on any atom is 0.128 e. The minimum absolute atomic E-state index is 0.133. The van der Waals surface area contributed by atoms with Crippen LogP contribution in [0.2, 0.25) is 0 Å². The van der Waals surface area contributed by atoms with Crippen LogP contribution in [0.1, 0.15) is 29.9 Å². The topological polar surface area (TPSA) is 17.0 Å². The van der Waals surface area contributed by atoms with Crippen molar-refractivity contribution in [2.24, 2.45) is 0 Å².